The molecular weight excluding hydrogens is 348 g/mol. The minimum atomic E-state index is -0.627. The summed E-state index contributed by atoms with van der Waals surface area (Å²) in [5.41, 5.74) is 1.81. The normalized spacial score (nSPS) is 11.7. The summed E-state index contributed by atoms with van der Waals surface area (Å²) >= 11 is 0. The molecule has 0 unspecified atom stereocenters. The van der Waals surface area contributed by atoms with Crippen molar-refractivity contribution < 1.29 is 9.21 Å². The number of rotatable bonds is 4. The predicted octanol–water partition coefficient (Wildman–Crippen LogP) is 1.60. The molecule has 0 bridgehead atoms. The van der Waals surface area contributed by atoms with Crippen molar-refractivity contribution in [1.29, 1.82) is 0 Å². The summed E-state index contributed by atoms with van der Waals surface area (Å²) in [6.45, 7) is 7.83. The fourth-order valence-corrected chi connectivity index (χ4v) is 2.64. The fraction of sp³-hybridized carbons (Fsp3) is 0.368. The van der Waals surface area contributed by atoms with E-state index < -0.39 is 11.2 Å². The Balaban J connectivity index is 1.69. The van der Waals surface area contributed by atoms with Gasteiger partial charge in [0, 0.05) is 11.8 Å². The number of amides is 1. The van der Waals surface area contributed by atoms with Crippen LogP contribution in [0.3, 0.4) is 0 Å². The second-order valence-electron chi connectivity index (χ2n) is 7.52. The molecule has 0 saturated carbocycles. The number of hydrogen-bond acceptors (Lipinski definition) is 5. The van der Waals surface area contributed by atoms with Crippen molar-refractivity contribution in [2.24, 2.45) is 0 Å². The molecule has 2 heterocycles. The third-order valence-corrected chi connectivity index (χ3v) is 4.24. The fourth-order valence-electron chi connectivity index (χ4n) is 2.64. The Morgan fingerprint density at radius 1 is 1.30 bits per heavy atom. The van der Waals surface area contributed by atoms with Gasteiger partial charge in [0.2, 0.25) is 11.8 Å². The van der Waals surface area contributed by atoms with Crippen molar-refractivity contribution in [2.75, 3.05) is 0 Å². The maximum atomic E-state index is 12.1. The second kappa shape index (κ2) is 6.86. The van der Waals surface area contributed by atoms with Crippen molar-refractivity contribution in [2.45, 2.75) is 46.2 Å². The molecule has 0 saturated heterocycles. The SMILES string of the molecule is Cc1cn(CC(=O)NCc2nc3cc(C(C)(C)C)ccc3o2)c(=O)[nH]c1=O. The number of benzene rings is 1. The minimum absolute atomic E-state index is 0.00354. The summed E-state index contributed by atoms with van der Waals surface area (Å²) in [7, 11) is 0. The minimum Gasteiger partial charge on any atom is -0.439 e. The van der Waals surface area contributed by atoms with Crippen LogP contribution >= 0.6 is 0 Å². The molecule has 142 valence electrons. The molecule has 0 atom stereocenters. The zero-order valence-electron chi connectivity index (χ0n) is 15.8. The third kappa shape index (κ3) is 4.16. The first-order valence-electron chi connectivity index (χ1n) is 8.60. The first kappa shape index (κ1) is 18.6. The number of H-pyrrole nitrogens is 1. The first-order valence-corrected chi connectivity index (χ1v) is 8.60. The zero-order chi connectivity index (χ0) is 19.8. The van der Waals surface area contributed by atoms with Crippen molar-refractivity contribution >= 4 is 17.0 Å². The highest BCUT2D eigenvalue weighted by Crippen LogP contribution is 2.26. The Morgan fingerprint density at radius 2 is 2.04 bits per heavy atom. The first-order chi connectivity index (χ1) is 12.6. The van der Waals surface area contributed by atoms with Crippen LogP contribution in [0.15, 0.2) is 38.4 Å². The van der Waals surface area contributed by atoms with Gasteiger partial charge < -0.3 is 9.73 Å². The highest BCUT2D eigenvalue weighted by molar-refractivity contribution is 5.76. The summed E-state index contributed by atoms with van der Waals surface area (Å²) in [5, 5.41) is 2.67. The van der Waals surface area contributed by atoms with Crippen LogP contribution in [0.4, 0.5) is 0 Å². The number of carbonyl (C=O) groups is 1. The summed E-state index contributed by atoms with van der Waals surface area (Å²) in [6.07, 6.45) is 1.36. The van der Waals surface area contributed by atoms with Gasteiger partial charge in [-0.25, -0.2) is 9.78 Å². The molecule has 1 aromatic carbocycles. The monoisotopic (exact) mass is 370 g/mol. The number of nitrogens with one attached hydrogen (secondary N) is 2. The Morgan fingerprint density at radius 3 is 2.74 bits per heavy atom. The average Bonchev–Trinajstić information content (AvgIpc) is 2.99. The van der Waals surface area contributed by atoms with Crippen LogP contribution in [0.1, 0.15) is 37.8 Å². The summed E-state index contributed by atoms with van der Waals surface area (Å²) < 4.78 is 6.80. The molecule has 27 heavy (non-hydrogen) atoms. The number of oxazole rings is 1. The van der Waals surface area contributed by atoms with Crippen LogP contribution in [0.5, 0.6) is 0 Å². The molecule has 0 spiro atoms. The molecule has 3 aromatic rings. The molecule has 1 amide bonds. The Bertz CT molecular complexity index is 1120. The lowest BCUT2D eigenvalue weighted by Gasteiger charge is -2.18. The maximum absolute atomic E-state index is 12.1. The van der Waals surface area contributed by atoms with Gasteiger partial charge in [0.1, 0.15) is 12.1 Å². The molecule has 2 N–H and O–H groups in total. The van der Waals surface area contributed by atoms with E-state index in [-0.39, 0.29) is 24.4 Å². The zero-order valence-corrected chi connectivity index (χ0v) is 15.8. The number of fused-ring (bicyclic) bond motifs is 1. The smallest absolute Gasteiger partial charge is 0.328 e. The number of hydrogen-bond donors (Lipinski definition) is 2. The van der Waals surface area contributed by atoms with Crippen molar-refractivity contribution in [1.82, 2.24) is 19.9 Å². The van der Waals surface area contributed by atoms with Crippen molar-refractivity contribution in [3.63, 3.8) is 0 Å². The average molecular weight is 370 g/mol. The molecule has 0 aliphatic rings. The van der Waals surface area contributed by atoms with E-state index in [4.69, 9.17) is 4.42 Å². The summed E-state index contributed by atoms with van der Waals surface area (Å²) in [6, 6.07) is 5.85. The van der Waals surface area contributed by atoms with Gasteiger partial charge in [0.25, 0.3) is 5.56 Å². The topological polar surface area (TPSA) is 110 Å². The summed E-state index contributed by atoms with van der Waals surface area (Å²) in [4.78, 5) is 41.8. The van der Waals surface area contributed by atoms with Crippen LogP contribution in [0, 0.1) is 6.92 Å². The molecule has 2 aromatic heterocycles. The third-order valence-electron chi connectivity index (χ3n) is 4.24. The lowest BCUT2D eigenvalue weighted by atomic mass is 9.87. The van der Waals surface area contributed by atoms with Gasteiger partial charge in [0.15, 0.2) is 5.58 Å². The van der Waals surface area contributed by atoms with E-state index in [1.165, 1.54) is 6.20 Å². The molecule has 8 heteroatoms. The van der Waals surface area contributed by atoms with Gasteiger partial charge in [-0.2, -0.15) is 0 Å². The molecule has 0 fully saturated rings. The van der Waals surface area contributed by atoms with E-state index in [0.717, 1.165) is 15.6 Å². The maximum Gasteiger partial charge on any atom is 0.328 e. The lowest BCUT2D eigenvalue weighted by Crippen LogP contribution is -2.36. The van der Waals surface area contributed by atoms with Gasteiger partial charge in [0.05, 0.1) is 6.54 Å². The number of aromatic amines is 1. The van der Waals surface area contributed by atoms with Gasteiger partial charge in [-0.15, -0.1) is 0 Å². The van der Waals surface area contributed by atoms with E-state index in [1.54, 1.807) is 6.92 Å². The van der Waals surface area contributed by atoms with Crippen LogP contribution in [-0.4, -0.2) is 20.4 Å². The van der Waals surface area contributed by atoms with Crippen LogP contribution < -0.4 is 16.6 Å². The lowest BCUT2D eigenvalue weighted by molar-refractivity contribution is -0.122. The highest BCUT2D eigenvalue weighted by atomic mass is 16.3. The largest absolute Gasteiger partial charge is 0.439 e. The van der Waals surface area contributed by atoms with Crippen LogP contribution in [0.25, 0.3) is 11.1 Å². The standard InChI is InChI=1S/C19H22N4O4/c1-11-9-23(18(26)22-17(11)25)10-15(24)20-8-16-21-13-7-12(19(2,3)4)5-6-14(13)27-16/h5-7,9H,8,10H2,1-4H3,(H,20,24)(H,22,25,26). The molecule has 3 rings (SSSR count). The number of carbonyl (C=O) groups excluding carboxylic acids is 1. The molecule has 8 nitrogen and oxygen atoms in total. The van der Waals surface area contributed by atoms with Gasteiger partial charge in [-0.05, 0) is 30.0 Å². The van der Waals surface area contributed by atoms with Gasteiger partial charge >= 0.3 is 5.69 Å². The highest BCUT2D eigenvalue weighted by Gasteiger charge is 2.16. The number of nitrogens with zero attached hydrogens (tertiary/aromatic N) is 2. The van der Waals surface area contributed by atoms with Crippen molar-refractivity contribution in [3.8, 4) is 0 Å². The molecule has 0 aliphatic heterocycles. The Kier molecular flexibility index (Phi) is 4.73. The van der Waals surface area contributed by atoms with Crippen molar-refractivity contribution in [3.05, 3.63) is 62.3 Å². The predicted molar refractivity (Wildman–Crippen MR) is 101 cm³/mol. The van der Waals surface area contributed by atoms with E-state index in [0.29, 0.717) is 17.0 Å². The van der Waals surface area contributed by atoms with Gasteiger partial charge in [-0.3, -0.25) is 19.1 Å². The van der Waals surface area contributed by atoms with E-state index in [9.17, 15) is 14.4 Å². The van der Waals surface area contributed by atoms with E-state index in [1.807, 2.05) is 18.2 Å². The molecule has 0 aliphatic carbocycles. The quantitative estimate of drug-likeness (QED) is 0.725. The number of aryl methyl sites for hydroxylation is 1. The number of aromatic nitrogens is 3. The molecule has 0 radical (unpaired) electrons. The van der Waals surface area contributed by atoms with E-state index >= 15 is 0 Å². The van der Waals surface area contributed by atoms with Gasteiger partial charge in [-0.1, -0.05) is 26.8 Å². The second-order valence-corrected chi connectivity index (χ2v) is 7.52. The summed E-state index contributed by atoms with van der Waals surface area (Å²) in [5.74, 6) is -0.00408. The molecular formula is C19H22N4O4. The van der Waals surface area contributed by atoms with E-state index in [2.05, 4.69) is 36.1 Å². The van der Waals surface area contributed by atoms with Crippen LogP contribution in [0.2, 0.25) is 0 Å². The Labute approximate surface area is 155 Å². The van der Waals surface area contributed by atoms with Crippen LogP contribution in [-0.2, 0) is 23.3 Å². The Hall–Kier alpha value is -3.16.